The Kier molecular flexibility index (Phi) is 11.1. The quantitative estimate of drug-likeness (QED) is 0.226. The first-order valence-electron chi connectivity index (χ1n) is 13.1. The lowest BCUT2D eigenvalue weighted by molar-refractivity contribution is -0.142. The predicted octanol–water partition coefficient (Wildman–Crippen LogP) is 4.57. The van der Waals surface area contributed by atoms with Crippen molar-refractivity contribution in [2.24, 2.45) is 5.73 Å². The average Bonchev–Trinajstić information content (AvgIpc) is 3.67. The Morgan fingerprint density at radius 2 is 1.62 bits per heavy atom. The van der Waals surface area contributed by atoms with E-state index in [1.54, 1.807) is 12.1 Å². The van der Waals surface area contributed by atoms with Crippen molar-refractivity contribution in [3.63, 3.8) is 0 Å². The van der Waals surface area contributed by atoms with Gasteiger partial charge in [0.2, 0.25) is 17.5 Å². The second kappa shape index (κ2) is 14.5. The second-order valence-electron chi connectivity index (χ2n) is 9.45. The smallest absolute Gasteiger partial charge is 0.319 e. The minimum Gasteiger partial charge on any atom is -0.481 e. The maximum absolute atomic E-state index is 14.9. The number of hydrogen-bond donors (Lipinski definition) is 1. The van der Waals surface area contributed by atoms with E-state index in [0.717, 1.165) is 11.6 Å². The molecule has 1 amide bonds. The molecule has 2 N–H and O–H groups in total. The standard InChI is InChI=1S/C28H31FN6O6.ClH/c1-5-22(39-19-9-6-17(7-10-19)24-31-26(16(2)3)40-33-24)27-32-25(34-41-27)18-8-11-20(21(29)14-18)28(37)35(4)12-13-38-23(36)15-30;/h6-11,14,16,22H,5,12-13,15,30H2,1-4H3;1H. The number of aromatic nitrogens is 4. The van der Waals surface area contributed by atoms with E-state index < -0.39 is 23.8 Å². The lowest BCUT2D eigenvalue weighted by Gasteiger charge is -2.17. The Labute approximate surface area is 247 Å². The van der Waals surface area contributed by atoms with Gasteiger partial charge in [-0.2, -0.15) is 9.97 Å². The molecule has 0 spiro atoms. The molecular formula is C28H32ClFN6O6. The third-order valence-corrected chi connectivity index (χ3v) is 6.08. The fourth-order valence-corrected chi connectivity index (χ4v) is 3.72. The number of carbonyl (C=O) groups is 2. The summed E-state index contributed by atoms with van der Waals surface area (Å²) < 4.78 is 36.5. The molecule has 0 bridgehead atoms. The maximum atomic E-state index is 14.9. The van der Waals surface area contributed by atoms with Crippen LogP contribution in [0.1, 0.15) is 61.4 Å². The molecule has 1 unspecified atom stereocenters. The lowest BCUT2D eigenvalue weighted by atomic mass is 10.1. The van der Waals surface area contributed by atoms with Crippen molar-refractivity contribution in [2.45, 2.75) is 39.2 Å². The summed E-state index contributed by atoms with van der Waals surface area (Å²) in [6, 6.07) is 11.2. The van der Waals surface area contributed by atoms with Gasteiger partial charge in [-0.3, -0.25) is 9.59 Å². The van der Waals surface area contributed by atoms with E-state index in [-0.39, 0.29) is 55.3 Å². The molecule has 0 saturated carbocycles. The number of likely N-dealkylation sites (N-methyl/N-ethyl adjacent to an activating group) is 1. The number of nitrogens with zero attached hydrogens (tertiary/aromatic N) is 5. The normalized spacial score (nSPS) is 11.6. The number of esters is 1. The number of benzene rings is 2. The monoisotopic (exact) mass is 602 g/mol. The summed E-state index contributed by atoms with van der Waals surface area (Å²) in [7, 11) is 1.48. The van der Waals surface area contributed by atoms with Crippen molar-refractivity contribution in [3.8, 4) is 28.5 Å². The van der Waals surface area contributed by atoms with Crippen molar-refractivity contribution in [1.82, 2.24) is 25.2 Å². The highest BCUT2D eigenvalue weighted by atomic mass is 35.5. The average molecular weight is 603 g/mol. The van der Waals surface area contributed by atoms with E-state index in [1.165, 1.54) is 24.1 Å². The van der Waals surface area contributed by atoms with Crippen molar-refractivity contribution < 1.29 is 32.5 Å². The highest BCUT2D eigenvalue weighted by molar-refractivity contribution is 5.94. The molecule has 4 aromatic rings. The van der Waals surface area contributed by atoms with E-state index in [4.69, 9.17) is 24.3 Å². The molecule has 224 valence electrons. The summed E-state index contributed by atoms with van der Waals surface area (Å²) in [4.78, 5) is 33.8. The zero-order chi connectivity index (χ0) is 29.5. The molecule has 14 heteroatoms. The van der Waals surface area contributed by atoms with Crippen LogP contribution in [0.2, 0.25) is 0 Å². The molecule has 0 aliphatic heterocycles. The van der Waals surface area contributed by atoms with E-state index >= 15 is 0 Å². The van der Waals surface area contributed by atoms with Crippen molar-refractivity contribution in [3.05, 3.63) is 65.6 Å². The Morgan fingerprint density at radius 3 is 2.21 bits per heavy atom. The third-order valence-electron chi connectivity index (χ3n) is 6.08. The van der Waals surface area contributed by atoms with Gasteiger partial charge in [-0.1, -0.05) is 37.2 Å². The van der Waals surface area contributed by atoms with Crippen LogP contribution in [0, 0.1) is 5.82 Å². The highest BCUT2D eigenvalue weighted by Gasteiger charge is 2.22. The summed E-state index contributed by atoms with van der Waals surface area (Å²) in [5, 5.41) is 7.99. The van der Waals surface area contributed by atoms with Crippen LogP contribution >= 0.6 is 12.4 Å². The number of rotatable bonds is 12. The van der Waals surface area contributed by atoms with Gasteiger partial charge in [-0.25, -0.2) is 4.39 Å². The van der Waals surface area contributed by atoms with Gasteiger partial charge in [0.1, 0.15) is 18.2 Å². The molecule has 4 rings (SSSR count). The topological polar surface area (TPSA) is 160 Å². The number of amides is 1. The first-order valence-corrected chi connectivity index (χ1v) is 13.1. The van der Waals surface area contributed by atoms with Gasteiger partial charge in [-0.05, 0) is 42.8 Å². The molecular weight excluding hydrogens is 571 g/mol. The van der Waals surface area contributed by atoms with Crippen molar-refractivity contribution in [2.75, 3.05) is 26.7 Å². The van der Waals surface area contributed by atoms with Gasteiger partial charge in [0.25, 0.3) is 11.8 Å². The van der Waals surface area contributed by atoms with Crippen molar-refractivity contribution >= 4 is 24.3 Å². The van der Waals surface area contributed by atoms with Crippen LogP contribution in [0.3, 0.4) is 0 Å². The summed E-state index contributed by atoms with van der Waals surface area (Å²) in [5.74, 6) is 0.219. The van der Waals surface area contributed by atoms with E-state index in [9.17, 15) is 14.0 Å². The maximum Gasteiger partial charge on any atom is 0.319 e. The lowest BCUT2D eigenvalue weighted by Crippen LogP contribution is -2.32. The molecule has 42 heavy (non-hydrogen) atoms. The Balaban J connectivity index is 0.00000484. The fraction of sp³-hybridized carbons (Fsp3) is 0.357. The van der Waals surface area contributed by atoms with Gasteiger partial charge < -0.3 is 29.2 Å². The van der Waals surface area contributed by atoms with Crippen LogP contribution < -0.4 is 10.5 Å². The van der Waals surface area contributed by atoms with Crippen molar-refractivity contribution in [1.29, 1.82) is 0 Å². The Hall–Kier alpha value is -4.36. The largest absolute Gasteiger partial charge is 0.481 e. The Morgan fingerprint density at radius 1 is 1.00 bits per heavy atom. The summed E-state index contributed by atoms with van der Waals surface area (Å²) in [6.45, 7) is 5.63. The zero-order valence-corrected chi connectivity index (χ0v) is 24.4. The molecule has 0 radical (unpaired) electrons. The van der Waals surface area contributed by atoms with Gasteiger partial charge in [0.15, 0.2) is 6.10 Å². The molecule has 0 saturated heterocycles. The minimum atomic E-state index is -0.754. The van der Waals surface area contributed by atoms with Gasteiger partial charge in [0, 0.05) is 24.1 Å². The van der Waals surface area contributed by atoms with Crippen LogP contribution in [0.15, 0.2) is 51.5 Å². The van der Waals surface area contributed by atoms with Gasteiger partial charge >= 0.3 is 5.97 Å². The summed E-state index contributed by atoms with van der Waals surface area (Å²) >= 11 is 0. The minimum absolute atomic E-state index is 0. The molecule has 2 heterocycles. The second-order valence-corrected chi connectivity index (χ2v) is 9.45. The molecule has 1 atom stereocenters. The first kappa shape index (κ1) is 32.2. The zero-order valence-electron chi connectivity index (χ0n) is 23.6. The predicted molar refractivity (Wildman–Crippen MR) is 151 cm³/mol. The molecule has 2 aromatic carbocycles. The highest BCUT2D eigenvalue weighted by Crippen LogP contribution is 2.28. The summed E-state index contributed by atoms with van der Waals surface area (Å²) in [6.07, 6.45) is -0.0201. The number of nitrogens with two attached hydrogens (primary N) is 1. The summed E-state index contributed by atoms with van der Waals surface area (Å²) in [5.41, 5.74) is 6.14. The van der Waals surface area contributed by atoms with Crippen LogP contribution in [0.25, 0.3) is 22.8 Å². The number of ether oxygens (including phenoxy) is 2. The van der Waals surface area contributed by atoms with E-state index in [1.807, 2.05) is 32.9 Å². The van der Waals surface area contributed by atoms with Gasteiger partial charge in [-0.15, -0.1) is 12.4 Å². The number of carbonyl (C=O) groups excluding carboxylic acids is 2. The molecule has 0 aliphatic rings. The molecule has 0 aliphatic carbocycles. The molecule has 2 aromatic heterocycles. The van der Waals surface area contributed by atoms with Crippen LogP contribution in [0.4, 0.5) is 4.39 Å². The van der Waals surface area contributed by atoms with Gasteiger partial charge in [0.05, 0.1) is 18.7 Å². The fourth-order valence-electron chi connectivity index (χ4n) is 3.72. The molecule has 12 nitrogen and oxygen atoms in total. The number of halogens is 2. The first-order chi connectivity index (χ1) is 19.7. The third kappa shape index (κ3) is 7.68. The van der Waals surface area contributed by atoms with Crippen LogP contribution in [-0.2, 0) is 9.53 Å². The van der Waals surface area contributed by atoms with E-state index in [2.05, 4.69) is 20.3 Å². The molecule has 0 fully saturated rings. The SMILES string of the molecule is CCC(Oc1ccc(-c2noc(C(C)C)n2)cc1)c1nc(-c2ccc(C(=O)N(C)CCOC(=O)CN)c(F)c2)no1.Cl. The number of hydrogen-bond acceptors (Lipinski definition) is 11. The van der Waals surface area contributed by atoms with Crippen LogP contribution in [0.5, 0.6) is 5.75 Å². The Bertz CT molecular complexity index is 1490. The van der Waals surface area contributed by atoms with E-state index in [0.29, 0.717) is 29.4 Å². The van der Waals surface area contributed by atoms with Crippen LogP contribution in [-0.4, -0.2) is 63.8 Å².